The maximum absolute atomic E-state index is 12.1. The number of methoxy groups -OCH3 is 1. The average molecular weight is 338 g/mol. The first-order valence-corrected chi connectivity index (χ1v) is 7.83. The van der Waals surface area contributed by atoms with Crippen LogP contribution in [0.2, 0.25) is 0 Å². The summed E-state index contributed by atoms with van der Waals surface area (Å²) in [5, 5.41) is 6.49. The lowest BCUT2D eigenvalue weighted by Crippen LogP contribution is -2.15. The molecule has 2 aromatic carbocycles. The minimum Gasteiger partial charge on any atom is -0.497 e. The number of benzene rings is 2. The highest BCUT2D eigenvalue weighted by Gasteiger charge is 2.13. The molecule has 0 aliphatic rings. The second kappa shape index (κ2) is 8.01. The van der Waals surface area contributed by atoms with E-state index in [1.165, 1.54) is 0 Å². The van der Waals surface area contributed by atoms with Crippen LogP contribution in [-0.2, 0) is 4.79 Å². The van der Waals surface area contributed by atoms with Gasteiger partial charge in [-0.3, -0.25) is 10.1 Å². The van der Waals surface area contributed by atoms with E-state index < -0.39 is 0 Å². The Hall–Kier alpha value is -3.28. The molecule has 0 unspecified atom stereocenters. The maximum Gasteiger partial charge on any atom is 0.239 e. The molecule has 0 bridgehead atoms. The van der Waals surface area contributed by atoms with Crippen LogP contribution < -0.4 is 14.8 Å². The van der Waals surface area contributed by atoms with Crippen LogP contribution in [0.3, 0.4) is 0 Å². The van der Waals surface area contributed by atoms with Gasteiger partial charge in [0.2, 0.25) is 11.8 Å². The molecule has 6 heteroatoms. The van der Waals surface area contributed by atoms with Crippen LogP contribution in [-0.4, -0.2) is 24.8 Å². The molecule has 128 valence electrons. The monoisotopic (exact) mass is 338 g/mol. The third kappa shape index (κ3) is 4.38. The summed E-state index contributed by atoms with van der Waals surface area (Å²) in [6.07, 6.45) is 1.77. The van der Waals surface area contributed by atoms with Crippen LogP contribution in [0.25, 0.3) is 11.1 Å². The standard InChI is InChI=1S/C19H18N2O4/c1-23-15-9-7-14(8-10-15)17-13-20-25-19(17)21-18(22)11-12-24-16-5-3-2-4-6-16/h2-10,13H,11-12H2,1H3,(H,21,22). The van der Waals surface area contributed by atoms with E-state index in [4.69, 9.17) is 14.0 Å². The highest BCUT2D eigenvalue weighted by molar-refractivity contribution is 5.93. The first-order chi connectivity index (χ1) is 12.3. The molecule has 0 aliphatic carbocycles. The molecule has 0 spiro atoms. The number of aromatic nitrogens is 1. The Kier molecular flexibility index (Phi) is 5.31. The summed E-state index contributed by atoms with van der Waals surface area (Å²) < 4.78 is 15.8. The minimum absolute atomic E-state index is 0.206. The first kappa shape index (κ1) is 16.6. The summed E-state index contributed by atoms with van der Waals surface area (Å²) in [4.78, 5) is 12.1. The molecule has 0 saturated carbocycles. The lowest BCUT2D eigenvalue weighted by Gasteiger charge is -2.07. The number of anilines is 1. The van der Waals surface area contributed by atoms with Crippen molar-refractivity contribution in [1.82, 2.24) is 5.16 Å². The minimum atomic E-state index is -0.206. The fraction of sp³-hybridized carbons (Fsp3) is 0.158. The molecule has 1 N–H and O–H groups in total. The van der Waals surface area contributed by atoms with Gasteiger partial charge in [-0.25, -0.2) is 0 Å². The maximum atomic E-state index is 12.1. The number of ether oxygens (including phenoxy) is 2. The van der Waals surface area contributed by atoms with Gasteiger partial charge in [0.25, 0.3) is 0 Å². The van der Waals surface area contributed by atoms with Crippen LogP contribution in [0.1, 0.15) is 6.42 Å². The molecule has 1 heterocycles. The molecule has 1 amide bonds. The zero-order valence-corrected chi connectivity index (χ0v) is 13.8. The van der Waals surface area contributed by atoms with Crippen molar-refractivity contribution < 1.29 is 18.8 Å². The van der Waals surface area contributed by atoms with Crippen molar-refractivity contribution in [3.05, 3.63) is 60.8 Å². The normalized spacial score (nSPS) is 10.3. The molecule has 0 aliphatic heterocycles. The zero-order valence-electron chi connectivity index (χ0n) is 13.8. The number of hydrogen-bond acceptors (Lipinski definition) is 5. The van der Waals surface area contributed by atoms with Crippen molar-refractivity contribution in [2.45, 2.75) is 6.42 Å². The van der Waals surface area contributed by atoms with Crippen molar-refractivity contribution in [2.24, 2.45) is 0 Å². The molecular weight excluding hydrogens is 320 g/mol. The smallest absolute Gasteiger partial charge is 0.239 e. The summed E-state index contributed by atoms with van der Waals surface area (Å²) in [7, 11) is 1.61. The van der Waals surface area contributed by atoms with Gasteiger partial charge < -0.3 is 14.0 Å². The van der Waals surface area contributed by atoms with E-state index >= 15 is 0 Å². The zero-order chi connectivity index (χ0) is 17.5. The summed E-state index contributed by atoms with van der Waals surface area (Å²) in [5.74, 6) is 1.59. The van der Waals surface area contributed by atoms with Gasteiger partial charge in [0, 0.05) is 0 Å². The Balaban J connectivity index is 1.57. The van der Waals surface area contributed by atoms with Gasteiger partial charge in [0.1, 0.15) is 11.5 Å². The van der Waals surface area contributed by atoms with E-state index in [1.807, 2.05) is 54.6 Å². The molecule has 25 heavy (non-hydrogen) atoms. The number of amides is 1. The van der Waals surface area contributed by atoms with Crippen LogP contribution in [0.4, 0.5) is 5.88 Å². The van der Waals surface area contributed by atoms with Crippen molar-refractivity contribution in [1.29, 1.82) is 0 Å². The SMILES string of the molecule is COc1ccc(-c2cnoc2NC(=O)CCOc2ccccc2)cc1. The number of para-hydroxylation sites is 1. The van der Waals surface area contributed by atoms with Crippen LogP contribution >= 0.6 is 0 Å². The number of rotatable bonds is 7. The quantitative estimate of drug-likeness (QED) is 0.710. The van der Waals surface area contributed by atoms with E-state index in [-0.39, 0.29) is 18.9 Å². The third-order valence-corrected chi connectivity index (χ3v) is 3.57. The fourth-order valence-corrected chi connectivity index (χ4v) is 2.27. The van der Waals surface area contributed by atoms with Crippen LogP contribution in [0.5, 0.6) is 11.5 Å². The highest BCUT2D eigenvalue weighted by atomic mass is 16.5. The lowest BCUT2D eigenvalue weighted by atomic mass is 10.1. The highest BCUT2D eigenvalue weighted by Crippen LogP contribution is 2.29. The van der Waals surface area contributed by atoms with Crippen molar-refractivity contribution >= 4 is 11.8 Å². The van der Waals surface area contributed by atoms with Gasteiger partial charge >= 0.3 is 0 Å². The summed E-state index contributed by atoms with van der Waals surface area (Å²) in [6.45, 7) is 0.280. The van der Waals surface area contributed by atoms with Crippen molar-refractivity contribution in [3.63, 3.8) is 0 Å². The van der Waals surface area contributed by atoms with Gasteiger partial charge in [-0.15, -0.1) is 0 Å². The Morgan fingerprint density at radius 3 is 2.56 bits per heavy atom. The largest absolute Gasteiger partial charge is 0.497 e. The number of hydrogen-bond donors (Lipinski definition) is 1. The van der Waals surface area contributed by atoms with E-state index in [9.17, 15) is 4.79 Å². The molecule has 0 fully saturated rings. The Morgan fingerprint density at radius 1 is 1.08 bits per heavy atom. The first-order valence-electron chi connectivity index (χ1n) is 7.83. The molecule has 6 nitrogen and oxygen atoms in total. The molecular formula is C19H18N2O4. The molecule has 1 aromatic heterocycles. The molecule has 0 saturated heterocycles. The van der Waals surface area contributed by atoms with E-state index in [0.717, 1.165) is 17.1 Å². The Labute approximate surface area is 145 Å². The molecule has 3 aromatic rings. The second-order valence-corrected chi connectivity index (χ2v) is 5.26. The van der Waals surface area contributed by atoms with Crippen molar-refractivity contribution in [2.75, 3.05) is 19.0 Å². The third-order valence-electron chi connectivity index (χ3n) is 3.57. The van der Waals surface area contributed by atoms with E-state index in [2.05, 4.69) is 10.5 Å². The topological polar surface area (TPSA) is 73.6 Å². The Bertz CT molecular complexity index is 813. The number of nitrogens with zero attached hydrogens (tertiary/aromatic N) is 1. The van der Waals surface area contributed by atoms with E-state index in [0.29, 0.717) is 11.4 Å². The molecule has 3 rings (SSSR count). The predicted molar refractivity (Wildman–Crippen MR) is 93.7 cm³/mol. The second-order valence-electron chi connectivity index (χ2n) is 5.26. The van der Waals surface area contributed by atoms with E-state index in [1.54, 1.807) is 13.3 Å². The fourth-order valence-electron chi connectivity index (χ4n) is 2.27. The molecule has 0 radical (unpaired) electrons. The van der Waals surface area contributed by atoms with Gasteiger partial charge in [-0.05, 0) is 29.8 Å². The number of carbonyl (C=O) groups excluding carboxylic acids is 1. The molecule has 0 atom stereocenters. The summed E-state index contributed by atoms with van der Waals surface area (Å²) >= 11 is 0. The van der Waals surface area contributed by atoms with Crippen LogP contribution in [0.15, 0.2) is 65.3 Å². The average Bonchev–Trinajstić information content (AvgIpc) is 3.10. The van der Waals surface area contributed by atoms with Crippen molar-refractivity contribution in [3.8, 4) is 22.6 Å². The van der Waals surface area contributed by atoms with Gasteiger partial charge in [0.05, 0.1) is 31.9 Å². The summed E-state index contributed by atoms with van der Waals surface area (Å²) in [5.41, 5.74) is 1.58. The van der Waals surface area contributed by atoms with Gasteiger partial charge in [-0.2, -0.15) is 0 Å². The number of carbonyl (C=O) groups is 1. The summed E-state index contributed by atoms with van der Waals surface area (Å²) in [6, 6.07) is 16.8. The van der Waals surface area contributed by atoms with Gasteiger partial charge in [0.15, 0.2) is 0 Å². The van der Waals surface area contributed by atoms with Crippen LogP contribution in [0, 0.1) is 0 Å². The Morgan fingerprint density at radius 2 is 1.84 bits per heavy atom. The predicted octanol–water partition coefficient (Wildman–Crippen LogP) is 3.76. The van der Waals surface area contributed by atoms with Gasteiger partial charge in [-0.1, -0.05) is 35.5 Å². The number of nitrogens with one attached hydrogen (secondary N) is 1. The lowest BCUT2D eigenvalue weighted by molar-refractivity contribution is -0.116.